The smallest absolute Gasteiger partial charge is 0.173 e. The summed E-state index contributed by atoms with van der Waals surface area (Å²) in [4.78, 5) is 0. The van der Waals surface area contributed by atoms with E-state index in [1.54, 1.807) is 0 Å². The minimum Gasteiger partial charge on any atom is -0.173 e. The first-order valence-corrected chi connectivity index (χ1v) is 1.48. The van der Waals surface area contributed by atoms with Crippen molar-refractivity contribution in [3.8, 4) is 0 Å². The standard InChI is InChI=1S/C4H6F2/c1-3(2)4(5)6/h1-2H3/i1T. The van der Waals surface area contributed by atoms with Gasteiger partial charge in [-0.2, -0.15) is 8.78 Å². The fraction of sp³-hybridized carbons (Fsp3) is 0.500. The van der Waals surface area contributed by atoms with Crippen molar-refractivity contribution in [2.24, 2.45) is 0 Å². The highest BCUT2D eigenvalue weighted by Crippen LogP contribution is 2.03. The highest BCUT2D eigenvalue weighted by atomic mass is 19.3. The van der Waals surface area contributed by atoms with Gasteiger partial charge in [0.05, 0.1) is 0 Å². The molecule has 0 N–H and O–H groups in total. The second-order valence-corrected chi connectivity index (χ2v) is 1.04. The summed E-state index contributed by atoms with van der Waals surface area (Å²) in [5.41, 5.74) is -0.153. The second kappa shape index (κ2) is 1.90. The largest absolute Gasteiger partial charge is 0.268 e. The molecule has 0 amide bonds. The molecule has 0 radical (unpaired) electrons. The number of allylic oxidation sites excluding steroid dienone is 1. The van der Waals surface area contributed by atoms with Crippen LogP contribution in [-0.4, -0.2) is 0 Å². The van der Waals surface area contributed by atoms with E-state index in [2.05, 4.69) is 0 Å². The first-order chi connectivity index (χ1) is 3.18. The van der Waals surface area contributed by atoms with Crippen LogP contribution >= 0.6 is 0 Å². The SMILES string of the molecule is [3H]CC(C)=C(F)F. The Bertz CT molecular complexity index is 83.7. The van der Waals surface area contributed by atoms with E-state index in [1.807, 2.05) is 0 Å². The molecule has 0 aromatic heterocycles. The zero-order chi connectivity index (χ0) is 5.86. The van der Waals surface area contributed by atoms with Gasteiger partial charge in [-0.3, -0.25) is 0 Å². The van der Waals surface area contributed by atoms with Crippen LogP contribution in [-0.2, 0) is 0 Å². The summed E-state index contributed by atoms with van der Waals surface area (Å²) in [6.45, 7) is 0.935. The number of hydrogen-bond donors (Lipinski definition) is 0. The van der Waals surface area contributed by atoms with Gasteiger partial charge in [-0.1, -0.05) is 0 Å². The lowest BCUT2D eigenvalue weighted by atomic mass is 10.4. The Morgan fingerprint density at radius 2 is 2.17 bits per heavy atom. The molecule has 0 unspecified atom stereocenters. The molecular formula is C4H6F2. The molecule has 0 nitrogen and oxygen atoms in total. The lowest BCUT2D eigenvalue weighted by molar-refractivity contribution is 0.412. The molecular weight excluding hydrogens is 86.0 g/mol. The lowest BCUT2D eigenvalue weighted by Gasteiger charge is -1.78. The van der Waals surface area contributed by atoms with Crippen LogP contribution in [0.1, 0.15) is 15.2 Å². The molecule has 0 saturated carbocycles. The number of halogens is 2. The van der Waals surface area contributed by atoms with E-state index in [4.69, 9.17) is 1.37 Å². The van der Waals surface area contributed by atoms with Gasteiger partial charge in [0.15, 0.2) is 0 Å². The molecule has 0 atom stereocenters. The van der Waals surface area contributed by atoms with Crippen molar-refractivity contribution in [2.75, 3.05) is 0 Å². The summed E-state index contributed by atoms with van der Waals surface area (Å²) < 4.78 is 28.8. The fourth-order valence-corrected chi connectivity index (χ4v) is 0. The van der Waals surface area contributed by atoms with Crippen LogP contribution in [0, 0.1) is 0 Å². The minimum atomic E-state index is -1.73. The number of rotatable bonds is 0. The number of hydrogen-bond acceptors (Lipinski definition) is 0. The highest BCUT2D eigenvalue weighted by molar-refractivity contribution is 4.92. The zero-order valence-electron chi connectivity index (χ0n) is 4.46. The van der Waals surface area contributed by atoms with E-state index in [0.29, 0.717) is 0 Å². The summed E-state index contributed by atoms with van der Waals surface area (Å²) in [6, 6.07) is 0. The molecule has 0 rings (SSSR count). The van der Waals surface area contributed by atoms with Gasteiger partial charge in [-0.25, -0.2) is 0 Å². The van der Waals surface area contributed by atoms with Crippen LogP contribution in [0.25, 0.3) is 0 Å². The van der Waals surface area contributed by atoms with Gasteiger partial charge in [-0.05, 0) is 19.4 Å². The van der Waals surface area contributed by atoms with Crippen LogP contribution in [0.4, 0.5) is 8.78 Å². The normalized spacial score (nSPS) is 10.2. The zero-order valence-corrected chi connectivity index (χ0v) is 3.46. The molecule has 0 saturated heterocycles. The van der Waals surface area contributed by atoms with Crippen molar-refractivity contribution in [3.63, 3.8) is 0 Å². The first kappa shape index (κ1) is 3.78. The predicted octanol–water partition coefficient (Wildman–Crippen LogP) is 2.18. The summed E-state index contributed by atoms with van der Waals surface area (Å²) in [5.74, 6) is 0. The molecule has 6 heavy (non-hydrogen) atoms. The third kappa shape index (κ3) is 1.88. The van der Waals surface area contributed by atoms with Crippen molar-refractivity contribution in [3.05, 3.63) is 11.7 Å². The van der Waals surface area contributed by atoms with E-state index in [0.717, 1.165) is 0 Å². The van der Waals surface area contributed by atoms with E-state index in [1.165, 1.54) is 6.92 Å². The Morgan fingerprint density at radius 1 is 1.67 bits per heavy atom. The topological polar surface area (TPSA) is 0 Å². The first-order valence-electron chi connectivity index (χ1n) is 2.19. The van der Waals surface area contributed by atoms with E-state index in [9.17, 15) is 8.78 Å². The molecule has 0 bridgehead atoms. The average Bonchev–Trinajstić information content (AvgIpc) is 1.65. The van der Waals surface area contributed by atoms with Crippen LogP contribution in [0.5, 0.6) is 0 Å². The van der Waals surface area contributed by atoms with E-state index in [-0.39, 0.29) is 12.5 Å². The van der Waals surface area contributed by atoms with Gasteiger partial charge in [0, 0.05) is 1.37 Å². The molecule has 0 aromatic carbocycles. The second-order valence-electron chi connectivity index (χ2n) is 1.04. The summed E-state index contributed by atoms with van der Waals surface area (Å²) in [6.07, 6.45) is -1.73. The summed E-state index contributed by atoms with van der Waals surface area (Å²) in [7, 11) is 0. The third-order valence-corrected chi connectivity index (χ3v) is 0.323. The summed E-state index contributed by atoms with van der Waals surface area (Å²) in [5, 5.41) is 0. The molecule has 0 heterocycles. The van der Waals surface area contributed by atoms with Crippen molar-refractivity contribution in [1.82, 2.24) is 0 Å². The van der Waals surface area contributed by atoms with Gasteiger partial charge < -0.3 is 0 Å². The molecule has 0 aliphatic carbocycles. The van der Waals surface area contributed by atoms with E-state index >= 15 is 0 Å². The molecule has 0 aliphatic rings. The van der Waals surface area contributed by atoms with Crippen molar-refractivity contribution < 1.29 is 10.2 Å². The Morgan fingerprint density at radius 3 is 2.17 bits per heavy atom. The lowest BCUT2D eigenvalue weighted by Crippen LogP contribution is -1.61. The van der Waals surface area contributed by atoms with Crippen LogP contribution in [0.3, 0.4) is 0 Å². The van der Waals surface area contributed by atoms with Gasteiger partial charge in [0.1, 0.15) is 0 Å². The van der Waals surface area contributed by atoms with Gasteiger partial charge in [0.2, 0.25) is 0 Å². The molecule has 0 aromatic rings. The maximum Gasteiger partial charge on any atom is 0.268 e. The fourth-order valence-electron chi connectivity index (χ4n) is 0. The molecule has 36 valence electrons. The van der Waals surface area contributed by atoms with Gasteiger partial charge >= 0.3 is 0 Å². The van der Waals surface area contributed by atoms with Crippen LogP contribution in [0.2, 0.25) is 0 Å². The van der Waals surface area contributed by atoms with Gasteiger partial charge in [0.25, 0.3) is 6.08 Å². The average molecular weight is 94.1 g/mol. The van der Waals surface area contributed by atoms with Crippen molar-refractivity contribution in [1.29, 1.82) is 0 Å². The Kier molecular flexibility index (Phi) is 1.20. The van der Waals surface area contributed by atoms with Crippen LogP contribution < -0.4 is 0 Å². The quantitative estimate of drug-likeness (QED) is 0.431. The predicted molar refractivity (Wildman–Crippen MR) is 20.6 cm³/mol. The van der Waals surface area contributed by atoms with Crippen molar-refractivity contribution in [2.45, 2.75) is 13.8 Å². The molecule has 2 heteroatoms. The maximum atomic E-state index is 11.2. The van der Waals surface area contributed by atoms with Crippen LogP contribution in [0.15, 0.2) is 11.7 Å². The Balaban J connectivity index is 3.72. The third-order valence-electron chi connectivity index (χ3n) is 0.323. The minimum absolute atomic E-state index is 0.153. The Hall–Kier alpha value is -0.400. The maximum absolute atomic E-state index is 11.2. The molecule has 0 fully saturated rings. The monoisotopic (exact) mass is 94.1 g/mol. The molecule has 0 spiro atoms. The van der Waals surface area contributed by atoms with Gasteiger partial charge in [-0.15, -0.1) is 0 Å². The highest BCUT2D eigenvalue weighted by Gasteiger charge is 1.86. The van der Waals surface area contributed by atoms with Crippen molar-refractivity contribution >= 4 is 0 Å². The van der Waals surface area contributed by atoms with E-state index < -0.39 is 6.08 Å². The summed E-state index contributed by atoms with van der Waals surface area (Å²) >= 11 is 0. The molecule has 0 aliphatic heterocycles. The Labute approximate surface area is 36.9 Å².